The van der Waals surface area contributed by atoms with Crippen LogP contribution in [0.4, 0.5) is 10.5 Å². The van der Waals surface area contributed by atoms with Crippen molar-refractivity contribution in [3.05, 3.63) is 65.7 Å². The molecule has 2 aromatic rings. The molecule has 448 valence electrons. The fraction of sp³-hybridized carbons (Fsp3) is 0.661. The molecule has 80 heavy (non-hydrogen) atoms. The fourth-order valence-electron chi connectivity index (χ4n) is 10.8. The standard InChI is InChI=1S/C59H97N11O10/c1-16-38(8)51(69(13)58(77)49(36(4)5)67-57(76)50(37(6)7)68(11)12)46(79-14)33-47(71)70-31-21-25-45(70)52(80-15)39(9)53(72)66-44(32-40-22-18-17-19-23-40)54(73)63-34-41-26-28-42(29-27-41)64-55(74)43(24-20-30-62-59(60)78)65-56(75)48(61-10)35(2)3/h17-19,22-23,26-29,35-39,43-46,48-52,61H,16,20-21,24-25,30-34H2,1-15H3,(H,63,73)(H,64,74)(H,65,75)(H,66,72)(H,67,76)(H3,60,62,78)/t38-,39+,43-,44-,45-,46+,48-,49-,50-,51-,52+/m0/s1. The molecule has 0 radical (unpaired) electrons. The largest absolute Gasteiger partial charge is 0.379 e. The van der Waals surface area contributed by atoms with E-state index in [-0.39, 0.29) is 79.7 Å². The minimum Gasteiger partial charge on any atom is -0.379 e. The van der Waals surface area contributed by atoms with Gasteiger partial charge in [-0.05, 0) is 93.8 Å². The first-order valence-corrected chi connectivity index (χ1v) is 28.4. The van der Waals surface area contributed by atoms with Crippen LogP contribution in [0.15, 0.2) is 54.6 Å². The van der Waals surface area contributed by atoms with Crippen molar-refractivity contribution in [1.82, 2.24) is 46.6 Å². The Labute approximate surface area is 476 Å². The highest BCUT2D eigenvalue weighted by Gasteiger charge is 2.44. The number of likely N-dealkylation sites (N-methyl/N-ethyl adjacent to an activating group) is 3. The second-order valence-electron chi connectivity index (χ2n) is 22.6. The van der Waals surface area contributed by atoms with E-state index in [0.29, 0.717) is 43.5 Å². The Balaban J connectivity index is 1.77. The number of primary amides is 1. The number of nitrogens with two attached hydrogens (primary N) is 1. The van der Waals surface area contributed by atoms with E-state index in [2.05, 4.69) is 37.2 Å². The summed E-state index contributed by atoms with van der Waals surface area (Å²) in [6.45, 7) is 18.0. The van der Waals surface area contributed by atoms with Crippen LogP contribution in [-0.2, 0) is 56.0 Å². The lowest BCUT2D eigenvalue weighted by molar-refractivity contribution is -0.148. The third-order valence-electron chi connectivity index (χ3n) is 15.4. The summed E-state index contributed by atoms with van der Waals surface area (Å²) >= 11 is 0. The number of rotatable bonds is 33. The summed E-state index contributed by atoms with van der Waals surface area (Å²) in [5.74, 6) is -3.48. The molecule has 1 saturated heterocycles. The number of carbonyl (C=O) groups excluding carboxylic acids is 8. The Bertz CT molecular complexity index is 2290. The van der Waals surface area contributed by atoms with Crippen LogP contribution >= 0.6 is 0 Å². The lowest BCUT2D eigenvalue weighted by atomic mass is 9.89. The Morgan fingerprint density at radius 2 is 1.34 bits per heavy atom. The van der Waals surface area contributed by atoms with Crippen molar-refractivity contribution in [1.29, 1.82) is 0 Å². The van der Waals surface area contributed by atoms with Crippen molar-refractivity contribution >= 4 is 53.1 Å². The summed E-state index contributed by atoms with van der Waals surface area (Å²) in [5, 5.41) is 20.2. The third kappa shape index (κ3) is 20.1. The third-order valence-corrected chi connectivity index (χ3v) is 15.4. The number of urea groups is 1. The van der Waals surface area contributed by atoms with E-state index in [1.165, 1.54) is 14.2 Å². The van der Waals surface area contributed by atoms with Gasteiger partial charge in [0, 0.05) is 53.0 Å². The molecule has 1 aliphatic rings. The maximum absolute atomic E-state index is 14.6. The molecule has 9 amide bonds. The van der Waals surface area contributed by atoms with Crippen LogP contribution in [0.1, 0.15) is 112 Å². The van der Waals surface area contributed by atoms with Gasteiger partial charge >= 0.3 is 6.03 Å². The molecule has 0 bridgehead atoms. The van der Waals surface area contributed by atoms with Crippen LogP contribution in [0.2, 0.25) is 0 Å². The van der Waals surface area contributed by atoms with E-state index in [4.69, 9.17) is 15.2 Å². The van der Waals surface area contributed by atoms with Crippen LogP contribution in [0.5, 0.6) is 0 Å². The first-order valence-electron chi connectivity index (χ1n) is 28.4. The number of benzene rings is 2. The Hall–Kier alpha value is -6.16. The first-order chi connectivity index (χ1) is 37.8. The molecular weight excluding hydrogens is 1020 g/mol. The van der Waals surface area contributed by atoms with Crippen molar-refractivity contribution in [3.8, 4) is 0 Å². The molecule has 1 heterocycles. The van der Waals surface area contributed by atoms with Crippen LogP contribution < -0.4 is 43.0 Å². The van der Waals surface area contributed by atoms with Crippen LogP contribution in [0.25, 0.3) is 0 Å². The van der Waals surface area contributed by atoms with Crippen molar-refractivity contribution < 1.29 is 47.8 Å². The van der Waals surface area contributed by atoms with Crippen molar-refractivity contribution in [3.63, 3.8) is 0 Å². The smallest absolute Gasteiger partial charge is 0.312 e. The molecule has 21 nitrogen and oxygen atoms in total. The highest BCUT2D eigenvalue weighted by atomic mass is 16.5. The number of hydrogen-bond donors (Lipinski definition) is 8. The molecule has 0 spiro atoms. The number of nitrogens with zero attached hydrogens (tertiary/aromatic N) is 3. The minimum absolute atomic E-state index is 0.00841. The molecule has 0 aromatic heterocycles. The second kappa shape index (κ2) is 33.6. The number of nitrogens with one attached hydrogen (secondary N) is 7. The molecule has 0 saturated carbocycles. The summed E-state index contributed by atoms with van der Waals surface area (Å²) in [7, 11) is 10.1. The molecule has 9 N–H and O–H groups in total. The van der Waals surface area contributed by atoms with E-state index in [9.17, 15) is 38.4 Å². The molecule has 1 fully saturated rings. The zero-order valence-electron chi connectivity index (χ0n) is 50.4. The normalized spacial score (nSPS) is 17.3. The van der Waals surface area contributed by atoms with Gasteiger partial charge in [-0.25, -0.2) is 4.79 Å². The lowest BCUT2D eigenvalue weighted by Crippen LogP contribution is -2.59. The maximum atomic E-state index is 14.6. The van der Waals surface area contributed by atoms with Crippen LogP contribution in [0, 0.1) is 29.6 Å². The highest BCUT2D eigenvalue weighted by Crippen LogP contribution is 2.30. The van der Waals surface area contributed by atoms with E-state index in [1.54, 1.807) is 55.1 Å². The van der Waals surface area contributed by atoms with Gasteiger partial charge in [0.05, 0.1) is 48.7 Å². The summed E-state index contributed by atoms with van der Waals surface area (Å²) in [6.07, 6.45) is 1.27. The number of ether oxygens (including phenoxy) is 2. The molecule has 2 aromatic carbocycles. The summed E-state index contributed by atoms with van der Waals surface area (Å²) in [6, 6.07) is 10.9. The van der Waals surface area contributed by atoms with Gasteiger partial charge in [0.15, 0.2) is 0 Å². The van der Waals surface area contributed by atoms with Crippen molar-refractivity contribution in [2.75, 3.05) is 60.8 Å². The van der Waals surface area contributed by atoms with Gasteiger partial charge in [-0.15, -0.1) is 0 Å². The molecule has 21 heteroatoms. The molecule has 3 rings (SSSR count). The fourth-order valence-corrected chi connectivity index (χ4v) is 10.8. The van der Waals surface area contributed by atoms with E-state index in [0.717, 1.165) is 5.56 Å². The number of carbonyl (C=O) groups is 8. The van der Waals surface area contributed by atoms with Gasteiger partial charge in [-0.2, -0.15) is 0 Å². The molecule has 0 aliphatic carbocycles. The zero-order chi connectivity index (χ0) is 60.0. The first kappa shape index (κ1) is 68.1. The van der Waals surface area contributed by atoms with Gasteiger partial charge in [0.2, 0.25) is 41.4 Å². The highest BCUT2D eigenvalue weighted by molar-refractivity contribution is 5.98. The van der Waals surface area contributed by atoms with Gasteiger partial charge in [-0.1, -0.05) is 111 Å². The van der Waals surface area contributed by atoms with Gasteiger partial charge in [-0.3, -0.25) is 38.5 Å². The van der Waals surface area contributed by atoms with Gasteiger partial charge in [0.25, 0.3) is 0 Å². The van der Waals surface area contributed by atoms with Crippen LogP contribution in [-0.4, -0.2) is 172 Å². The van der Waals surface area contributed by atoms with E-state index >= 15 is 0 Å². The van der Waals surface area contributed by atoms with E-state index < -0.39 is 84.2 Å². The number of hydrogen-bond acceptors (Lipinski definition) is 12. The van der Waals surface area contributed by atoms with Gasteiger partial charge < -0.3 is 62.2 Å². The molecule has 0 unspecified atom stereocenters. The summed E-state index contributed by atoms with van der Waals surface area (Å²) in [4.78, 5) is 114. The van der Waals surface area contributed by atoms with Gasteiger partial charge in [0.1, 0.15) is 18.1 Å². The SMILES string of the molecule is CC[C@H](C)[C@@H]([C@@H](CC(=O)N1CCC[C@H]1[C@H](OC)[C@@H](C)C(=O)N[C@@H](Cc1ccccc1)C(=O)NCc1ccc(NC(=O)[C@H](CCCNC(N)=O)NC(=O)[C@@H](NC)C(C)C)cc1)OC)N(C)C(=O)[C@@H](NC(=O)[C@H](C(C)C)N(C)C)C(C)C. The van der Waals surface area contributed by atoms with E-state index in [1.807, 2.05) is 105 Å². The topological polar surface area (TPSA) is 275 Å². The Morgan fingerprint density at radius 3 is 1.88 bits per heavy atom. The second-order valence-corrected chi connectivity index (χ2v) is 22.6. The maximum Gasteiger partial charge on any atom is 0.312 e. The van der Waals surface area contributed by atoms with Crippen molar-refractivity contribution in [2.24, 2.45) is 35.3 Å². The summed E-state index contributed by atoms with van der Waals surface area (Å²) < 4.78 is 12.2. The number of likely N-dealkylation sites (tertiary alicyclic amines) is 1. The minimum atomic E-state index is -0.985. The predicted molar refractivity (Wildman–Crippen MR) is 311 cm³/mol. The molecule has 1 aliphatic heterocycles. The Morgan fingerprint density at radius 1 is 0.713 bits per heavy atom. The predicted octanol–water partition coefficient (Wildman–Crippen LogP) is 3.79. The zero-order valence-corrected chi connectivity index (χ0v) is 50.4. The quantitative estimate of drug-likeness (QED) is 0.0475. The molecular formula is C59H97N11O10. The molecule has 11 atom stereocenters. The average molecular weight is 1120 g/mol. The summed E-state index contributed by atoms with van der Waals surface area (Å²) in [5.41, 5.74) is 7.20. The average Bonchev–Trinajstić information content (AvgIpc) is 3.90. The Kier molecular flexibility index (Phi) is 28.6. The number of amides is 9. The monoisotopic (exact) mass is 1120 g/mol. The van der Waals surface area contributed by atoms with Crippen molar-refractivity contribution in [2.45, 2.75) is 168 Å². The number of methoxy groups -OCH3 is 2. The van der Waals surface area contributed by atoms with Crippen LogP contribution in [0.3, 0.4) is 0 Å². The number of anilines is 1. The lowest BCUT2D eigenvalue weighted by Gasteiger charge is -2.41.